The van der Waals surface area contributed by atoms with Crippen molar-refractivity contribution in [2.45, 2.75) is 0 Å². The van der Waals surface area contributed by atoms with Gasteiger partial charge in [0.1, 0.15) is 5.82 Å². The third kappa shape index (κ3) is 4.91. The molecule has 0 aliphatic rings. The number of carbonyl (C=O) groups excluding carboxylic acids is 2. The van der Waals surface area contributed by atoms with Crippen LogP contribution in [0, 0.1) is 5.82 Å². The summed E-state index contributed by atoms with van der Waals surface area (Å²) in [7, 11) is 0. The van der Waals surface area contributed by atoms with Gasteiger partial charge in [-0.25, -0.2) is 9.18 Å². The average Bonchev–Trinajstić information content (AvgIpc) is 2.52. The second-order valence-corrected chi connectivity index (χ2v) is 5.35. The molecule has 0 aliphatic heterocycles. The van der Waals surface area contributed by atoms with E-state index < -0.39 is 24.2 Å². The van der Waals surface area contributed by atoms with Crippen LogP contribution >= 0.6 is 23.2 Å². The third-order valence-corrected chi connectivity index (χ3v) is 3.43. The minimum atomic E-state index is -0.758. The Labute approximate surface area is 142 Å². The monoisotopic (exact) mass is 352 g/mol. The van der Waals surface area contributed by atoms with Crippen LogP contribution in [-0.2, 0) is 9.53 Å². The van der Waals surface area contributed by atoms with Gasteiger partial charge in [0.2, 0.25) is 5.78 Å². The topological polar surface area (TPSA) is 43.4 Å². The second kappa shape index (κ2) is 7.90. The van der Waals surface area contributed by atoms with Crippen LogP contribution in [0.5, 0.6) is 0 Å². The first-order chi connectivity index (χ1) is 11.0. The number of carbonyl (C=O) groups is 2. The van der Waals surface area contributed by atoms with Crippen molar-refractivity contribution in [2.24, 2.45) is 0 Å². The van der Waals surface area contributed by atoms with E-state index in [0.717, 1.165) is 6.08 Å². The summed E-state index contributed by atoms with van der Waals surface area (Å²) in [4.78, 5) is 23.5. The fourth-order valence-electron chi connectivity index (χ4n) is 1.75. The summed E-state index contributed by atoms with van der Waals surface area (Å²) >= 11 is 11.6. The van der Waals surface area contributed by atoms with E-state index in [1.54, 1.807) is 12.1 Å². The molecule has 0 aliphatic carbocycles. The minimum absolute atomic E-state index is 0.181. The number of esters is 1. The van der Waals surface area contributed by atoms with Gasteiger partial charge < -0.3 is 4.74 Å². The number of hydrogen-bond acceptors (Lipinski definition) is 3. The number of Topliss-reactive ketones (excluding diaryl/α,β-unsaturated/α-hetero) is 1. The van der Waals surface area contributed by atoms with Crippen LogP contribution in [-0.4, -0.2) is 18.4 Å². The Bertz CT molecular complexity index is 772. The number of rotatable bonds is 5. The van der Waals surface area contributed by atoms with E-state index in [2.05, 4.69) is 0 Å². The van der Waals surface area contributed by atoms with Gasteiger partial charge >= 0.3 is 5.97 Å². The number of benzene rings is 2. The van der Waals surface area contributed by atoms with E-state index in [4.69, 9.17) is 27.9 Å². The van der Waals surface area contributed by atoms with Crippen LogP contribution in [0.15, 0.2) is 48.5 Å². The summed E-state index contributed by atoms with van der Waals surface area (Å²) in [5.41, 5.74) is 0.457. The van der Waals surface area contributed by atoms with Gasteiger partial charge in [0, 0.05) is 22.2 Å². The van der Waals surface area contributed by atoms with Crippen LogP contribution in [0.3, 0.4) is 0 Å². The fourth-order valence-corrected chi connectivity index (χ4v) is 2.26. The fraction of sp³-hybridized carbons (Fsp3) is 0.0588. The predicted molar refractivity (Wildman–Crippen MR) is 87.2 cm³/mol. The minimum Gasteiger partial charge on any atom is -0.454 e. The summed E-state index contributed by atoms with van der Waals surface area (Å²) in [6.45, 7) is -0.470. The van der Waals surface area contributed by atoms with E-state index in [-0.39, 0.29) is 16.1 Å². The Balaban J connectivity index is 1.94. The Morgan fingerprint density at radius 3 is 2.57 bits per heavy atom. The molecule has 0 fully saturated rings. The van der Waals surface area contributed by atoms with Crippen LogP contribution < -0.4 is 0 Å². The molecule has 0 aromatic heterocycles. The summed E-state index contributed by atoms with van der Waals surface area (Å²) in [6, 6.07) is 10.4. The summed E-state index contributed by atoms with van der Waals surface area (Å²) < 4.78 is 18.2. The summed E-state index contributed by atoms with van der Waals surface area (Å²) in [5, 5.41) is 0.580. The van der Waals surface area contributed by atoms with Gasteiger partial charge in [-0.2, -0.15) is 0 Å². The van der Waals surface area contributed by atoms with Gasteiger partial charge in [0.25, 0.3) is 0 Å². The molecule has 0 atom stereocenters. The van der Waals surface area contributed by atoms with Gasteiger partial charge in [-0.05, 0) is 30.3 Å². The van der Waals surface area contributed by atoms with E-state index in [0.29, 0.717) is 5.02 Å². The molecule has 0 amide bonds. The number of ether oxygens (including phenoxy) is 1. The molecule has 0 saturated heterocycles. The average molecular weight is 353 g/mol. The van der Waals surface area contributed by atoms with Gasteiger partial charge in [-0.1, -0.05) is 41.4 Å². The first-order valence-electron chi connectivity index (χ1n) is 6.55. The SMILES string of the molecule is O=C(/C=C/c1ccccc1F)OCC(=O)c1ccc(Cl)cc1Cl. The number of hydrogen-bond donors (Lipinski definition) is 0. The Kier molecular flexibility index (Phi) is 5.90. The van der Waals surface area contributed by atoms with Crippen LogP contribution in [0.25, 0.3) is 6.08 Å². The van der Waals surface area contributed by atoms with E-state index in [1.165, 1.54) is 36.4 Å². The molecule has 0 N–H and O–H groups in total. The molecule has 2 aromatic carbocycles. The molecule has 0 heterocycles. The lowest BCUT2D eigenvalue weighted by molar-refractivity contribution is -0.136. The maximum absolute atomic E-state index is 13.4. The van der Waals surface area contributed by atoms with Gasteiger partial charge in [-0.3, -0.25) is 4.79 Å². The Hall–Kier alpha value is -2.17. The molecule has 3 nitrogen and oxygen atoms in total. The molecule has 6 heteroatoms. The van der Waals surface area contributed by atoms with Crippen molar-refractivity contribution >= 4 is 41.0 Å². The molecule has 118 valence electrons. The quantitative estimate of drug-likeness (QED) is 0.449. The molecule has 0 bridgehead atoms. The smallest absolute Gasteiger partial charge is 0.331 e. The zero-order valence-corrected chi connectivity index (χ0v) is 13.3. The van der Waals surface area contributed by atoms with Gasteiger partial charge in [-0.15, -0.1) is 0 Å². The molecular weight excluding hydrogens is 342 g/mol. The second-order valence-electron chi connectivity index (χ2n) is 4.51. The van der Waals surface area contributed by atoms with Crippen molar-refractivity contribution in [3.63, 3.8) is 0 Å². The van der Waals surface area contributed by atoms with Crippen LogP contribution in [0.1, 0.15) is 15.9 Å². The van der Waals surface area contributed by atoms with Crippen LogP contribution in [0.4, 0.5) is 4.39 Å². The molecule has 0 saturated carbocycles. The van der Waals surface area contributed by atoms with Crippen molar-refractivity contribution in [1.82, 2.24) is 0 Å². The highest BCUT2D eigenvalue weighted by molar-refractivity contribution is 6.36. The van der Waals surface area contributed by atoms with Crippen molar-refractivity contribution < 1.29 is 18.7 Å². The Morgan fingerprint density at radius 1 is 1.13 bits per heavy atom. The first-order valence-corrected chi connectivity index (χ1v) is 7.30. The van der Waals surface area contributed by atoms with E-state index >= 15 is 0 Å². The van der Waals surface area contributed by atoms with Crippen LogP contribution in [0.2, 0.25) is 10.0 Å². The lowest BCUT2D eigenvalue weighted by Gasteiger charge is -2.04. The first kappa shape index (κ1) is 17.2. The largest absolute Gasteiger partial charge is 0.454 e. The molecule has 0 radical (unpaired) electrons. The maximum Gasteiger partial charge on any atom is 0.331 e. The zero-order chi connectivity index (χ0) is 16.8. The lowest BCUT2D eigenvalue weighted by atomic mass is 10.1. The lowest BCUT2D eigenvalue weighted by Crippen LogP contribution is -2.13. The summed E-state index contributed by atoms with van der Waals surface area (Å²) in [6.07, 6.45) is 2.33. The normalized spacial score (nSPS) is 10.7. The molecule has 23 heavy (non-hydrogen) atoms. The maximum atomic E-state index is 13.4. The molecular formula is C17H11Cl2FO3. The third-order valence-electron chi connectivity index (χ3n) is 2.88. The van der Waals surface area contributed by atoms with Crippen molar-refractivity contribution in [2.75, 3.05) is 6.61 Å². The molecule has 2 rings (SSSR count). The highest BCUT2D eigenvalue weighted by atomic mass is 35.5. The zero-order valence-electron chi connectivity index (χ0n) is 11.8. The molecule has 0 spiro atoms. The predicted octanol–water partition coefficient (Wildman–Crippen LogP) is 4.57. The van der Waals surface area contributed by atoms with Crippen molar-refractivity contribution in [3.05, 3.63) is 75.5 Å². The van der Waals surface area contributed by atoms with E-state index in [1.807, 2.05) is 0 Å². The van der Waals surface area contributed by atoms with Gasteiger partial charge in [0.15, 0.2) is 6.61 Å². The van der Waals surface area contributed by atoms with Gasteiger partial charge in [0.05, 0.1) is 5.02 Å². The number of halogens is 3. The van der Waals surface area contributed by atoms with E-state index in [9.17, 15) is 14.0 Å². The Morgan fingerprint density at radius 2 is 1.87 bits per heavy atom. The highest BCUT2D eigenvalue weighted by Gasteiger charge is 2.12. The van der Waals surface area contributed by atoms with Crippen molar-refractivity contribution in [3.8, 4) is 0 Å². The summed E-state index contributed by atoms with van der Waals surface area (Å²) in [5.74, 6) is -1.67. The molecule has 2 aromatic rings. The number of ketones is 1. The standard InChI is InChI=1S/C17H11Cl2FO3/c18-12-6-7-13(14(19)9-12)16(21)10-23-17(22)8-5-11-3-1-2-4-15(11)20/h1-9H,10H2/b8-5+. The highest BCUT2D eigenvalue weighted by Crippen LogP contribution is 2.21. The van der Waals surface area contributed by atoms with Crippen molar-refractivity contribution in [1.29, 1.82) is 0 Å². The molecule has 0 unspecified atom stereocenters.